The molecule has 0 unspecified atom stereocenters. The van der Waals surface area contributed by atoms with E-state index in [1.165, 1.54) is 25.4 Å². The van der Waals surface area contributed by atoms with Crippen molar-refractivity contribution < 1.29 is 31.5 Å². The molecule has 2 heterocycles. The number of anilines is 1. The average molecular weight is 693 g/mol. The number of hydrogen-bond acceptors (Lipinski definition) is 6. The summed E-state index contributed by atoms with van der Waals surface area (Å²) >= 11 is 19.2. The number of benzene rings is 3. The molecule has 0 aliphatic carbocycles. The summed E-state index contributed by atoms with van der Waals surface area (Å²) in [5, 5.41) is 0.521. The Morgan fingerprint density at radius 1 is 0.933 bits per heavy atom. The Morgan fingerprint density at radius 2 is 1.64 bits per heavy atom. The number of nitrogens with zero attached hydrogens (tertiary/aromatic N) is 1. The summed E-state index contributed by atoms with van der Waals surface area (Å²) in [5.41, 5.74) is -0.866. The number of pyridine rings is 1. The van der Waals surface area contributed by atoms with Crippen LogP contribution in [0.3, 0.4) is 0 Å². The fourth-order valence-electron chi connectivity index (χ4n) is 4.76. The molecule has 2 aromatic heterocycles. The summed E-state index contributed by atoms with van der Waals surface area (Å²) in [4.78, 5) is 34.6. The number of ether oxygens (including phenoxy) is 1. The number of carbonyl (C=O) groups is 2. The number of halogens is 5. The Kier molecular flexibility index (Phi) is 9.57. The maximum atomic E-state index is 15.6. The van der Waals surface area contributed by atoms with Gasteiger partial charge in [0.1, 0.15) is 11.5 Å². The van der Waals surface area contributed by atoms with Crippen LogP contribution in [0.1, 0.15) is 38.3 Å². The van der Waals surface area contributed by atoms with Crippen LogP contribution in [0.4, 0.5) is 14.5 Å². The second-order valence-electron chi connectivity index (χ2n) is 9.78. The van der Waals surface area contributed by atoms with Crippen molar-refractivity contribution in [3.05, 3.63) is 116 Å². The van der Waals surface area contributed by atoms with Crippen molar-refractivity contribution in [1.29, 1.82) is 0 Å². The molecule has 0 fully saturated rings. The number of aromatic nitrogens is 2. The zero-order valence-corrected chi connectivity index (χ0v) is 26.3. The number of rotatable bonds is 11. The SMILES string of the molecule is COCCCS(=O)(=O)Nc1ccc(F)c(C(=O)c2c[nH]c3nccc(C(=O)c4c(Cl)ccc(-c5ccc(Cl)cc5)c4Cl)c23)c1F. The molecule has 0 radical (unpaired) electrons. The first-order chi connectivity index (χ1) is 21.4. The molecule has 0 saturated carbocycles. The first-order valence-corrected chi connectivity index (χ1v) is 16.0. The lowest BCUT2D eigenvalue weighted by Gasteiger charge is -2.13. The van der Waals surface area contributed by atoms with Gasteiger partial charge in [0, 0.05) is 47.6 Å². The van der Waals surface area contributed by atoms with E-state index < -0.39 is 50.2 Å². The highest BCUT2D eigenvalue weighted by atomic mass is 35.5. The van der Waals surface area contributed by atoms with Crippen molar-refractivity contribution in [2.75, 3.05) is 24.2 Å². The molecular weight excluding hydrogens is 671 g/mol. The van der Waals surface area contributed by atoms with Crippen molar-refractivity contribution in [3.8, 4) is 11.1 Å². The molecule has 5 aromatic rings. The third-order valence-electron chi connectivity index (χ3n) is 6.88. The van der Waals surface area contributed by atoms with Gasteiger partial charge in [0.25, 0.3) is 0 Å². The summed E-state index contributed by atoms with van der Waals surface area (Å²) in [7, 11) is -2.65. The van der Waals surface area contributed by atoms with Crippen LogP contribution in [0.5, 0.6) is 0 Å². The molecular formula is C31H22Cl3F2N3O5S. The molecule has 232 valence electrons. The van der Waals surface area contributed by atoms with Crippen molar-refractivity contribution in [2.24, 2.45) is 0 Å². The summed E-state index contributed by atoms with van der Waals surface area (Å²) in [6.07, 6.45) is 2.59. The van der Waals surface area contributed by atoms with Crippen LogP contribution in [0.15, 0.2) is 67.0 Å². The van der Waals surface area contributed by atoms with Gasteiger partial charge in [-0.25, -0.2) is 22.2 Å². The molecule has 5 rings (SSSR count). The first kappa shape index (κ1) is 32.5. The highest BCUT2D eigenvalue weighted by Gasteiger charge is 2.29. The summed E-state index contributed by atoms with van der Waals surface area (Å²) in [6.45, 7) is 0.147. The molecule has 0 saturated heterocycles. The fraction of sp³-hybridized carbons (Fsp3) is 0.129. The van der Waals surface area contributed by atoms with E-state index in [1.54, 1.807) is 30.3 Å². The van der Waals surface area contributed by atoms with Gasteiger partial charge in [0.15, 0.2) is 11.6 Å². The second-order valence-corrected chi connectivity index (χ2v) is 12.8. The van der Waals surface area contributed by atoms with Crippen LogP contribution in [0, 0.1) is 11.6 Å². The molecule has 0 spiro atoms. The van der Waals surface area contributed by atoms with E-state index in [4.69, 9.17) is 39.5 Å². The molecule has 14 heteroatoms. The smallest absolute Gasteiger partial charge is 0.232 e. The lowest BCUT2D eigenvalue weighted by atomic mass is 9.94. The molecule has 3 aromatic carbocycles. The third-order valence-corrected chi connectivity index (χ3v) is 9.20. The molecule has 0 aliphatic rings. The van der Waals surface area contributed by atoms with Crippen LogP contribution < -0.4 is 4.72 Å². The van der Waals surface area contributed by atoms with Gasteiger partial charge in [-0.2, -0.15) is 0 Å². The minimum atomic E-state index is -4.05. The van der Waals surface area contributed by atoms with Crippen LogP contribution in [0.25, 0.3) is 22.2 Å². The zero-order chi connectivity index (χ0) is 32.5. The number of carbonyl (C=O) groups excluding carboxylic acids is 2. The van der Waals surface area contributed by atoms with Gasteiger partial charge >= 0.3 is 0 Å². The summed E-state index contributed by atoms with van der Waals surface area (Å²) < 4.78 is 62.4. The highest BCUT2D eigenvalue weighted by molar-refractivity contribution is 7.92. The lowest BCUT2D eigenvalue weighted by Crippen LogP contribution is -2.20. The number of nitrogens with one attached hydrogen (secondary N) is 2. The topological polar surface area (TPSA) is 118 Å². The van der Waals surface area contributed by atoms with E-state index in [1.807, 2.05) is 4.72 Å². The Balaban J connectivity index is 1.58. The Labute approximate surface area is 271 Å². The minimum Gasteiger partial charge on any atom is -0.385 e. The normalized spacial score (nSPS) is 11.6. The van der Waals surface area contributed by atoms with E-state index in [9.17, 15) is 18.0 Å². The zero-order valence-electron chi connectivity index (χ0n) is 23.3. The quantitative estimate of drug-likeness (QED) is 0.108. The molecule has 2 N–H and O–H groups in total. The molecule has 0 atom stereocenters. The second kappa shape index (κ2) is 13.2. The van der Waals surface area contributed by atoms with E-state index >= 15 is 8.78 Å². The van der Waals surface area contributed by atoms with E-state index in [2.05, 4.69) is 9.97 Å². The van der Waals surface area contributed by atoms with Gasteiger partial charge in [-0.3, -0.25) is 14.3 Å². The molecule has 0 amide bonds. The van der Waals surface area contributed by atoms with Crippen molar-refractivity contribution >= 4 is 73.1 Å². The molecule has 45 heavy (non-hydrogen) atoms. The van der Waals surface area contributed by atoms with Gasteiger partial charge in [0.2, 0.25) is 15.8 Å². The maximum Gasteiger partial charge on any atom is 0.232 e. The van der Waals surface area contributed by atoms with Crippen LogP contribution >= 0.6 is 34.8 Å². The molecule has 0 bridgehead atoms. The monoisotopic (exact) mass is 691 g/mol. The number of H-pyrrole nitrogens is 1. The van der Waals surface area contributed by atoms with E-state index in [-0.39, 0.29) is 50.8 Å². The number of fused-ring (bicyclic) bond motifs is 1. The average Bonchev–Trinajstić information content (AvgIpc) is 3.44. The van der Waals surface area contributed by atoms with E-state index in [0.717, 1.165) is 18.3 Å². The number of methoxy groups -OCH3 is 1. The Hall–Kier alpha value is -3.87. The number of sulfonamides is 1. The predicted molar refractivity (Wildman–Crippen MR) is 170 cm³/mol. The Morgan fingerprint density at radius 3 is 2.36 bits per heavy atom. The standard InChI is InChI=1S/C31H22Cl3F2N3O5S/c1-44-13-2-14-45(42,43)39-23-10-9-22(35)26(28(23)36)30(41)20-15-38-31-24(20)19(11-12-37-31)29(40)25-21(33)8-7-18(27(25)34)16-3-5-17(32)6-4-16/h3-12,15,39H,2,13-14H2,1H3,(H,37,38). The minimum absolute atomic E-state index is 0.0265. The Bertz CT molecular complexity index is 2070. The fourth-order valence-corrected chi connectivity index (χ4v) is 6.63. The predicted octanol–water partition coefficient (Wildman–Crippen LogP) is 7.71. The van der Waals surface area contributed by atoms with Gasteiger partial charge < -0.3 is 9.72 Å². The van der Waals surface area contributed by atoms with E-state index in [0.29, 0.717) is 16.1 Å². The largest absolute Gasteiger partial charge is 0.385 e. The number of ketones is 2. The summed E-state index contributed by atoms with van der Waals surface area (Å²) in [5.74, 6) is -4.91. The maximum absolute atomic E-state index is 15.6. The van der Waals surface area contributed by atoms with Crippen LogP contribution in [-0.4, -0.2) is 49.4 Å². The van der Waals surface area contributed by atoms with Crippen LogP contribution in [-0.2, 0) is 14.8 Å². The van der Waals surface area contributed by atoms with Gasteiger partial charge in [-0.1, -0.05) is 53.0 Å². The van der Waals surface area contributed by atoms with Crippen molar-refractivity contribution in [3.63, 3.8) is 0 Å². The molecule has 8 nitrogen and oxygen atoms in total. The lowest BCUT2D eigenvalue weighted by molar-refractivity contribution is 0.103. The number of hydrogen-bond donors (Lipinski definition) is 2. The first-order valence-electron chi connectivity index (χ1n) is 13.2. The van der Waals surface area contributed by atoms with Crippen LogP contribution in [0.2, 0.25) is 15.1 Å². The van der Waals surface area contributed by atoms with Gasteiger partial charge in [-0.05, 0) is 48.4 Å². The molecule has 0 aliphatic heterocycles. The number of aromatic amines is 1. The van der Waals surface area contributed by atoms with Gasteiger partial charge in [0.05, 0.1) is 38.2 Å². The van der Waals surface area contributed by atoms with Crippen molar-refractivity contribution in [1.82, 2.24) is 9.97 Å². The van der Waals surface area contributed by atoms with Crippen molar-refractivity contribution in [2.45, 2.75) is 6.42 Å². The van der Waals surface area contributed by atoms with Gasteiger partial charge in [-0.15, -0.1) is 0 Å². The summed E-state index contributed by atoms with van der Waals surface area (Å²) in [6, 6.07) is 12.9. The highest BCUT2D eigenvalue weighted by Crippen LogP contribution is 2.38. The third kappa shape index (κ3) is 6.58.